The van der Waals surface area contributed by atoms with Crippen molar-refractivity contribution in [1.29, 1.82) is 0 Å². The van der Waals surface area contributed by atoms with Gasteiger partial charge in [-0.2, -0.15) is 13.2 Å². The van der Waals surface area contributed by atoms with Crippen LogP contribution in [-0.2, 0) is 28.5 Å². The highest BCUT2D eigenvalue weighted by atomic mass is 32.2. The number of benzene rings is 2. The Bertz CT molecular complexity index is 932. The Morgan fingerprint density at radius 1 is 0.828 bits per heavy atom. The lowest BCUT2D eigenvalue weighted by molar-refractivity contribution is -0.137. The topological polar surface area (TPSA) is 40.6 Å². The molecule has 0 aliphatic carbocycles. The van der Waals surface area contributed by atoms with Crippen LogP contribution < -0.4 is 0 Å². The van der Waals surface area contributed by atoms with E-state index < -0.39 is 21.8 Å². The number of rotatable bonds is 5. The van der Waals surface area contributed by atoms with Crippen LogP contribution in [0.3, 0.4) is 0 Å². The fourth-order valence-electron chi connectivity index (χ4n) is 4.34. The van der Waals surface area contributed by atoms with E-state index in [1.807, 2.05) is 30.3 Å². The van der Waals surface area contributed by atoms with Gasteiger partial charge in [0, 0.05) is 32.7 Å². The smallest absolute Gasteiger partial charge is 0.298 e. The van der Waals surface area contributed by atoms with Gasteiger partial charge in [0.1, 0.15) is 0 Å². The first-order valence-corrected chi connectivity index (χ1v) is 11.2. The number of likely N-dealkylation sites (tertiary alicyclic amines) is 1. The van der Waals surface area contributed by atoms with Gasteiger partial charge in [0.25, 0.3) is 0 Å². The van der Waals surface area contributed by atoms with Gasteiger partial charge in [0.15, 0.2) is 0 Å². The summed E-state index contributed by atoms with van der Waals surface area (Å²) in [6, 6.07) is 14.4. The summed E-state index contributed by atoms with van der Waals surface area (Å²) in [5, 5.41) is 0. The molecule has 29 heavy (non-hydrogen) atoms. The van der Waals surface area contributed by atoms with Crippen molar-refractivity contribution in [2.75, 3.05) is 26.2 Å². The highest BCUT2D eigenvalue weighted by molar-refractivity contribution is 7.88. The zero-order valence-electron chi connectivity index (χ0n) is 15.8. The van der Waals surface area contributed by atoms with E-state index in [9.17, 15) is 21.6 Å². The summed E-state index contributed by atoms with van der Waals surface area (Å²) >= 11 is 0. The molecule has 156 valence electrons. The van der Waals surface area contributed by atoms with Crippen LogP contribution in [0.5, 0.6) is 0 Å². The number of hydrogen-bond donors (Lipinski definition) is 0. The molecule has 2 aliphatic rings. The Morgan fingerprint density at radius 2 is 1.41 bits per heavy atom. The summed E-state index contributed by atoms with van der Waals surface area (Å²) in [6.07, 6.45) is -4.32. The summed E-state index contributed by atoms with van der Waals surface area (Å²) in [5.74, 6) is 0.563. The van der Waals surface area contributed by atoms with E-state index in [1.165, 1.54) is 12.1 Å². The van der Waals surface area contributed by atoms with E-state index in [-0.39, 0.29) is 17.6 Å². The van der Waals surface area contributed by atoms with Crippen LogP contribution in [0.1, 0.15) is 16.7 Å². The van der Waals surface area contributed by atoms with E-state index in [0.717, 1.165) is 36.3 Å². The molecule has 0 bridgehead atoms. The van der Waals surface area contributed by atoms with E-state index >= 15 is 0 Å². The molecule has 0 N–H and O–H groups in total. The summed E-state index contributed by atoms with van der Waals surface area (Å²) < 4.78 is 65.1. The number of sulfonamides is 1. The van der Waals surface area contributed by atoms with Crippen molar-refractivity contribution in [1.82, 2.24) is 9.21 Å². The highest BCUT2D eigenvalue weighted by Gasteiger charge is 2.43. The molecule has 0 radical (unpaired) electrons. The van der Waals surface area contributed by atoms with Crippen molar-refractivity contribution in [2.45, 2.75) is 18.5 Å². The second-order valence-electron chi connectivity index (χ2n) is 7.97. The zero-order chi connectivity index (χ0) is 20.6. The predicted octanol–water partition coefficient (Wildman–Crippen LogP) is 3.60. The van der Waals surface area contributed by atoms with Gasteiger partial charge in [-0.1, -0.05) is 42.5 Å². The molecule has 4 rings (SSSR count). The normalized spacial score (nSPS) is 23.4. The number of nitrogens with zero attached hydrogens (tertiary/aromatic N) is 2. The summed E-state index contributed by atoms with van der Waals surface area (Å²) in [6.45, 7) is 3.15. The molecule has 2 atom stereocenters. The van der Waals surface area contributed by atoms with E-state index in [0.29, 0.717) is 19.6 Å². The number of hydrogen-bond acceptors (Lipinski definition) is 3. The van der Waals surface area contributed by atoms with Gasteiger partial charge in [0.05, 0.1) is 11.3 Å². The lowest BCUT2D eigenvalue weighted by atomic mass is 10.0. The minimum atomic E-state index is -4.32. The Morgan fingerprint density at radius 3 is 1.97 bits per heavy atom. The van der Waals surface area contributed by atoms with E-state index in [2.05, 4.69) is 4.90 Å². The molecular formula is C21H23F3N2O2S. The highest BCUT2D eigenvalue weighted by Crippen LogP contribution is 2.34. The van der Waals surface area contributed by atoms with Crippen molar-refractivity contribution in [3.05, 3.63) is 71.3 Å². The second-order valence-corrected chi connectivity index (χ2v) is 9.94. The number of halogens is 3. The first-order chi connectivity index (χ1) is 13.7. The number of fused-ring (bicyclic) bond motifs is 1. The second kappa shape index (κ2) is 7.74. The fourth-order valence-corrected chi connectivity index (χ4v) is 5.97. The van der Waals surface area contributed by atoms with E-state index in [1.54, 1.807) is 4.31 Å². The molecular weight excluding hydrogens is 401 g/mol. The van der Waals surface area contributed by atoms with Crippen LogP contribution in [0.25, 0.3) is 0 Å². The third-order valence-electron chi connectivity index (χ3n) is 5.80. The Labute approximate surface area is 169 Å². The van der Waals surface area contributed by atoms with Crippen molar-refractivity contribution >= 4 is 10.0 Å². The maximum absolute atomic E-state index is 12.7. The SMILES string of the molecule is O=S(=O)(Cc1ccccc1)N1CC2CN(Cc3ccc(C(F)(F)F)cc3)CC2C1. The van der Waals surface area contributed by atoms with Crippen LogP contribution in [0.15, 0.2) is 54.6 Å². The summed E-state index contributed by atoms with van der Waals surface area (Å²) in [5.41, 5.74) is 0.985. The van der Waals surface area contributed by atoms with Crippen LogP contribution in [0, 0.1) is 11.8 Å². The van der Waals surface area contributed by atoms with Crippen LogP contribution in [0.4, 0.5) is 13.2 Å². The molecule has 2 fully saturated rings. The van der Waals surface area contributed by atoms with Crippen molar-refractivity contribution in [2.24, 2.45) is 11.8 Å². The van der Waals surface area contributed by atoms with Crippen molar-refractivity contribution < 1.29 is 21.6 Å². The van der Waals surface area contributed by atoms with Crippen LogP contribution in [-0.4, -0.2) is 43.8 Å². The van der Waals surface area contributed by atoms with Gasteiger partial charge >= 0.3 is 6.18 Å². The third-order valence-corrected chi connectivity index (χ3v) is 7.58. The van der Waals surface area contributed by atoms with Gasteiger partial charge in [0.2, 0.25) is 10.0 Å². The van der Waals surface area contributed by atoms with Gasteiger partial charge in [-0.25, -0.2) is 12.7 Å². The van der Waals surface area contributed by atoms with Gasteiger partial charge in [-0.05, 0) is 35.1 Å². The molecule has 0 aromatic heterocycles. The predicted molar refractivity (Wildman–Crippen MR) is 104 cm³/mol. The average Bonchev–Trinajstić information content (AvgIpc) is 3.21. The third kappa shape index (κ3) is 4.65. The molecule has 0 amide bonds. The largest absolute Gasteiger partial charge is 0.416 e. The molecule has 2 aromatic rings. The minimum Gasteiger partial charge on any atom is -0.298 e. The minimum absolute atomic E-state index is 0.0164. The van der Waals surface area contributed by atoms with Crippen LogP contribution in [0.2, 0.25) is 0 Å². The maximum atomic E-state index is 12.7. The quantitative estimate of drug-likeness (QED) is 0.737. The molecule has 0 saturated carbocycles. The fraction of sp³-hybridized carbons (Fsp3) is 0.429. The lowest BCUT2D eigenvalue weighted by Gasteiger charge is -2.21. The zero-order valence-corrected chi connectivity index (χ0v) is 16.7. The Kier molecular flexibility index (Phi) is 5.44. The first-order valence-electron chi connectivity index (χ1n) is 9.61. The lowest BCUT2D eigenvalue weighted by Crippen LogP contribution is -2.34. The molecule has 2 heterocycles. The first kappa shape index (κ1) is 20.4. The van der Waals surface area contributed by atoms with Crippen LogP contribution >= 0.6 is 0 Å². The van der Waals surface area contributed by atoms with Gasteiger partial charge in [-0.15, -0.1) is 0 Å². The molecule has 4 nitrogen and oxygen atoms in total. The van der Waals surface area contributed by atoms with E-state index in [4.69, 9.17) is 0 Å². The molecule has 0 spiro atoms. The van der Waals surface area contributed by atoms with Crippen molar-refractivity contribution in [3.63, 3.8) is 0 Å². The standard InChI is InChI=1S/C21H23F3N2O2S/c22-21(23,24)20-8-6-16(7-9-20)10-25-11-18-13-26(14-19(18)12-25)29(27,28)15-17-4-2-1-3-5-17/h1-9,18-19H,10-15H2. The molecule has 2 saturated heterocycles. The van der Waals surface area contributed by atoms with Gasteiger partial charge < -0.3 is 0 Å². The average molecular weight is 424 g/mol. The maximum Gasteiger partial charge on any atom is 0.416 e. The van der Waals surface area contributed by atoms with Crippen molar-refractivity contribution in [3.8, 4) is 0 Å². The molecule has 2 aromatic carbocycles. The monoisotopic (exact) mass is 424 g/mol. The Balaban J connectivity index is 1.33. The number of alkyl halides is 3. The Hall–Kier alpha value is -1.90. The molecule has 2 unspecified atom stereocenters. The molecule has 8 heteroatoms. The summed E-state index contributed by atoms with van der Waals surface area (Å²) in [4.78, 5) is 2.21. The molecule has 2 aliphatic heterocycles. The van der Waals surface area contributed by atoms with Gasteiger partial charge in [-0.3, -0.25) is 4.90 Å². The summed E-state index contributed by atoms with van der Waals surface area (Å²) in [7, 11) is -3.34.